The quantitative estimate of drug-likeness (QED) is 0.749. The summed E-state index contributed by atoms with van der Waals surface area (Å²) in [6, 6.07) is 10.3. The lowest BCUT2D eigenvalue weighted by molar-refractivity contribution is 0.0475. The average Bonchev–Trinajstić information content (AvgIpc) is 2.48. The van der Waals surface area contributed by atoms with Gasteiger partial charge >= 0.3 is 6.09 Å². The van der Waals surface area contributed by atoms with Gasteiger partial charge in [-0.05, 0) is 58.2 Å². The van der Waals surface area contributed by atoms with Gasteiger partial charge in [-0.2, -0.15) is 0 Å². The first-order valence-corrected chi connectivity index (χ1v) is 7.96. The van der Waals surface area contributed by atoms with Crippen molar-refractivity contribution >= 4 is 6.09 Å². The SMILES string of the molecule is CC(C)(C)OC(=O)NNC(c1ccccc1)C1CCNCC1. The van der Waals surface area contributed by atoms with E-state index in [2.05, 4.69) is 28.3 Å². The van der Waals surface area contributed by atoms with Crippen molar-refractivity contribution in [1.82, 2.24) is 16.2 Å². The van der Waals surface area contributed by atoms with Gasteiger partial charge in [-0.25, -0.2) is 10.2 Å². The molecule has 0 saturated carbocycles. The zero-order chi connectivity index (χ0) is 16.0. The molecule has 5 nitrogen and oxygen atoms in total. The molecule has 1 heterocycles. The van der Waals surface area contributed by atoms with Crippen LogP contribution in [0.4, 0.5) is 4.79 Å². The fourth-order valence-electron chi connectivity index (χ4n) is 2.75. The van der Waals surface area contributed by atoms with Gasteiger partial charge in [0.15, 0.2) is 0 Å². The molecule has 1 unspecified atom stereocenters. The zero-order valence-corrected chi connectivity index (χ0v) is 13.7. The summed E-state index contributed by atoms with van der Waals surface area (Å²) in [5.74, 6) is 0.485. The summed E-state index contributed by atoms with van der Waals surface area (Å²) in [7, 11) is 0. The van der Waals surface area contributed by atoms with E-state index in [9.17, 15) is 4.79 Å². The van der Waals surface area contributed by atoms with E-state index in [0.29, 0.717) is 5.92 Å². The molecule has 1 aliphatic rings. The Labute approximate surface area is 132 Å². The van der Waals surface area contributed by atoms with Crippen molar-refractivity contribution in [3.05, 3.63) is 35.9 Å². The topological polar surface area (TPSA) is 62.4 Å². The molecule has 3 N–H and O–H groups in total. The van der Waals surface area contributed by atoms with Gasteiger partial charge in [-0.1, -0.05) is 30.3 Å². The minimum absolute atomic E-state index is 0.0934. The minimum Gasteiger partial charge on any atom is -0.443 e. The van der Waals surface area contributed by atoms with Crippen molar-refractivity contribution in [1.29, 1.82) is 0 Å². The highest BCUT2D eigenvalue weighted by atomic mass is 16.6. The molecular weight excluding hydrogens is 278 g/mol. The summed E-state index contributed by atoms with van der Waals surface area (Å²) in [6.07, 6.45) is 1.73. The molecule has 0 radical (unpaired) electrons. The van der Waals surface area contributed by atoms with Gasteiger partial charge in [0.25, 0.3) is 0 Å². The maximum Gasteiger partial charge on any atom is 0.422 e. The lowest BCUT2D eigenvalue weighted by Gasteiger charge is -2.32. The number of carbonyl (C=O) groups excluding carboxylic acids is 1. The number of hydrazine groups is 1. The Hall–Kier alpha value is -1.59. The normalized spacial score (nSPS) is 17.8. The second-order valence-corrected chi connectivity index (χ2v) is 6.75. The fraction of sp³-hybridized carbons (Fsp3) is 0.588. The van der Waals surface area contributed by atoms with Crippen molar-refractivity contribution in [2.75, 3.05) is 13.1 Å². The van der Waals surface area contributed by atoms with Crippen LogP contribution in [0.2, 0.25) is 0 Å². The first-order valence-electron chi connectivity index (χ1n) is 7.96. The number of hydrogen-bond donors (Lipinski definition) is 3. The number of piperidine rings is 1. The van der Waals surface area contributed by atoms with Crippen LogP contribution >= 0.6 is 0 Å². The number of benzene rings is 1. The lowest BCUT2D eigenvalue weighted by atomic mass is 9.86. The largest absolute Gasteiger partial charge is 0.443 e. The van der Waals surface area contributed by atoms with E-state index in [4.69, 9.17) is 4.74 Å². The maximum absolute atomic E-state index is 11.9. The number of carbonyl (C=O) groups is 1. The van der Waals surface area contributed by atoms with Crippen LogP contribution in [0.15, 0.2) is 30.3 Å². The summed E-state index contributed by atoms with van der Waals surface area (Å²) in [5, 5.41) is 3.38. The standard InChI is InChI=1S/C17H27N3O2/c1-17(2,3)22-16(21)20-19-15(13-7-5-4-6-8-13)14-9-11-18-12-10-14/h4-8,14-15,18-19H,9-12H2,1-3H3,(H,20,21). The second-order valence-electron chi connectivity index (χ2n) is 6.75. The predicted octanol–water partition coefficient (Wildman–Crippen LogP) is 2.76. The third-order valence-electron chi connectivity index (χ3n) is 3.74. The summed E-state index contributed by atoms with van der Waals surface area (Å²) in [4.78, 5) is 11.9. The molecule has 122 valence electrons. The molecule has 1 aromatic carbocycles. The number of ether oxygens (including phenoxy) is 1. The first kappa shape index (κ1) is 16.8. The minimum atomic E-state index is -0.497. The van der Waals surface area contributed by atoms with Crippen molar-refractivity contribution < 1.29 is 9.53 Å². The third kappa shape index (κ3) is 5.31. The highest BCUT2D eigenvalue weighted by molar-refractivity contribution is 5.67. The number of hydrogen-bond acceptors (Lipinski definition) is 4. The molecule has 1 aliphatic heterocycles. The van der Waals surface area contributed by atoms with Gasteiger partial charge in [-0.3, -0.25) is 5.43 Å². The highest BCUT2D eigenvalue weighted by Gasteiger charge is 2.26. The molecule has 5 heteroatoms. The zero-order valence-electron chi connectivity index (χ0n) is 13.7. The molecule has 1 amide bonds. The number of amides is 1. The van der Waals surface area contributed by atoms with E-state index in [1.807, 2.05) is 39.0 Å². The van der Waals surface area contributed by atoms with Gasteiger partial charge in [0, 0.05) is 0 Å². The molecule has 22 heavy (non-hydrogen) atoms. The van der Waals surface area contributed by atoms with Crippen LogP contribution in [0.1, 0.15) is 45.2 Å². The third-order valence-corrected chi connectivity index (χ3v) is 3.74. The Morgan fingerprint density at radius 1 is 1.23 bits per heavy atom. The molecule has 0 aromatic heterocycles. The van der Waals surface area contributed by atoms with E-state index in [0.717, 1.165) is 25.9 Å². The van der Waals surface area contributed by atoms with Crippen LogP contribution in [0.25, 0.3) is 0 Å². The molecule has 1 atom stereocenters. The van der Waals surface area contributed by atoms with E-state index >= 15 is 0 Å². The number of nitrogens with one attached hydrogen (secondary N) is 3. The molecule has 1 fully saturated rings. The van der Waals surface area contributed by atoms with Gasteiger partial charge in [-0.15, -0.1) is 0 Å². The Balaban J connectivity index is 2.00. The first-order chi connectivity index (χ1) is 10.5. The molecule has 1 aromatic rings. The van der Waals surface area contributed by atoms with Crippen molar-refractivity contribution in [3.63, 3.8) is 0 Å². The van der Waals surface area contributed by atoms with Crippen LogP contribution in [0.5, 0.6) is 0 Å². The average molecular weight is 305 g/mol. The summed E-state index contributed by atoms with van der Waals surface area (Å²) in [6.45, 7) is 7.60. The van der Waals surface area contributed by atoms with Gasteiger partial charge in [0.05, 0.1) is 6.04 Å². The van der Waals surface area contributed by atoms with E-state index in [1.165, 1.54) is 5.56 Å². The van der Waals surface area contributed by atoms with Gasteiger partial charge < -0.3 is 10.1 Å². The Morgan fingerprint density at radius 3 is 2.45 bits per heavy atom. The van der Waals surface area contributed by atoms with Crippen molar-refractivity contribution in [2.24, 2.45) is 5.92 Å². The number of rotatable bonds is 4. The van der Waals surface area contributed by atoms with Gasteiger partial charge in [0.2, 0.25) is 0 Å². The molecule has 0 spiro atoms. The molecule has 2 rings (SSSR count). The summed E-state index contributed by atoms with van der Waals surface area (Å²) in [5.41, 5.74) is 6.57. The maximum atomic E-state index is 11.9. The highest BCUT2D eigenvalue weighted by Crippen LogP contribution is 2.28. The smallest absolute Gasteiger partial charge is 0.422 e. The van der Waals surface area contributed by atoms with E-state index in [1.54, 1.807) is 0 Å². The summed E-state index contributed by atoms with van der Waals surface area (Å²) < 4.78 is 5.29. The predicted molar refractivity (Wildman–Crippen MR) is 87.3 cm³/mol. The summed E-state index contributed by atoms with van der Waals surface area (Å²) >= 11 is 0. The van der Waals surface area contributed by atoms with Crippen LogP contribution in [0.3, 0.4) is 0 Å². The van der Waals surface area contributed by atoms with Crippen LogP contribution < -0.4 is 16.2 Å². The second kappa shape index (κ2) is 7.61. The van der Waals surface area contributed by atoms with Gasteiger partial charge in [0.1, 0.15) is 5.60 Å². The molecule has 0 aliphatic carbocycles. The Bertz CT molecular complexity index is 465. The molecule has 1 saturated heterocycles. The Morgan fingerprint density at radius 2 is 1.86 bits per heavy atom. The monoisotopic (exact) mass is 305 g/mol. The van der Waals surface area contributed by atoms with E-state index < -0.39 is 11.7 Å². The van der Waals surface area contributed by atoms with Crippen molar-refractivity contribution in [2.45, 2.75) is 45.3 Å². The Kier molecular flexibility index (Phi) is 5.80. The fourth-order valence-corrected chi connectivity index (χ4v) is 2.75. The molecular formula is C17H27N3O2. The van der Waals surface area contributed by atoms with Crippen molar-refractivity contribution in [3.8, 4) is 0 Å². The van der Waals surface area contributed by atoms with Crippen LogP contribution in [-0.4, -0.2) is 24.8 Å². The lowest BCUT2D eigenvalue weighted by Crippen LogP contribution is -2.46. The van der Waals surface area contributed by atoms with Crippen LogP contribution in [-0.2, 0) is 4.74 Å². The van der Waals surface area contributed by atoms with E-state index in [-0.39, 0.29) is 6.04 Å². The van der Waals surface area contributed by atoms with Crippen LogP contribution in [0, 0.1) is 5.92 Å². The molecule has 0 bridgehead atoms.